The predicted molar refractivity (Wildman–Crippen MR) is 125 cm³/mol. The predicted octanol–water partition coefficient (Wildman–Crippen LogP) is 4.96. The minimum atomic E-state index is -0.451. The molecule has 1 saturated heterocycles. The van der Waals surface area contributed by atoms with Crippen LogP contribution in [0.25, 0.3) is 6.08 Å². The lowest BCUT2D eigenvalue weighted by atomic mass is 10.2. The SMILES string of the molecule is CCOc1cc(C=C2SC(=Nc3cccc(C(=O)OC)c3)N(CC)C2=O)cc(Br)c1O. The molecule has 0 saturated carbocycles. The van der Waals surface area contributed by atoms with Crippen molar-refractivity contribution in [2.75, 3.05) is 20.3 Å². The average Bonchev–Trinajstić information content (AvgIpc) is 3.05. The van der Waals surface area contributed by atoms with Crippen molar-refractivity contribution in [3.63, 3.8) is 0 Å². The van der Waals surface area contributed by atoms with Crippen molar-refractivity contribution in [2.24, 2.45) is 4.99 Å². The van der Waals surface area contributed by atoms with Gasteiger partial charge in [0.15, 0.2) is 16.7 Å². The number of ether oxygens (including phenoxy) is 2. The van der Waals surface area contributed by atoms with Crippen molar-refractivity contribution >= 4 is 56.5 Å². The Balaban J connectivity index is 1.95. The number of carbonyl (C=O) groups excluding carboxylic acids is 2. The molecule has 0 unspecified atom stereocenters. The number of benzene rings is 2. The van der Waals surface area contributed by atoms with Gasteiger partial charge in [-0.15, -0.1) is 0 Å². The van der Waals surface area contributed by atoms with Crippen LogP contribution in [0.4, 0.5) is 5.69 Å². The van der Waals surface area contributed by atoms with Crippen LogP contribution in [0.3, 0.4) is 0 Å². The summed E-state index contributed by atoms with van der Waals surface area (Å²) in [5.74, 6) is -0.275. The van der Waals surface area contributed by atoms with E-state index in [0.29, 0.717) is 50.3 Å². The zero-order valence-electron chi connectivity index (χ0n) is 17.2. The number of amides is 1. The fourth-order valence-electron chi connectivity index (χ4n) is 2.89. The molecule has 9 heteroatoms. The minimum absolute atomic E-state index is 0.0114. The Hall–Kier alpha value is -2.78. The first kappa shape index (κ1) is 22.9. The largest absolute Gasteiger partial charge is 0.503 e. The van der Waals surface area contributed by atoms with Gasteiger partial charge in [-0.1, -0.05) is 6.07 Å². The van der Waals surface area contributed by atoms with E-state index in [-0.39, 0.29) is 11.7 Å². The fourth-order valence-corrected chi connectivity index (χ4v) is 4.42. The standard InChI is InChI=1S/C22H21BrN2O5S/c1-4-25-20(27)18(11-13-9-16(23)19(26)17(10-13)30-5-2)31-22(25)24-15-8-6-7-14(12-15)21(28)29-3/h6-12,26H,4-5H2,1-3H3. The van der Waals surface area contributed by atoms with Crippen molar-refractivity contribution in [1.29, 1.82) is 0 Å². The van der Waals surface area contributed by atoms with E-state index >= 15 is 0 Å². The average molecular weight is 505 g/mol. The number of carbonyl (C=O) groups is 2. The fraction of sp³-hybridized carbons (Fsp3) is 0.227. The van der Waals surface area contributed by atoms with E-state index in [2.05, 4.69) is 20.9 Å². The molecule has 2 aromatic carbocycles. The molecule has 1 aliphatic rings. The molecule has 0 spiro atoms. The second-order valence-corrected chi connectivity index (χ2v) is 8.24. The first-order chi connectivity index (χ1) is 14.9. The summed E-state index contributed by atoms with van der Waals surface area (Å²) in [6.07, 6.45) is 1.73. The lowest BCUT2D eigenvalue weighted by molar-refractivity contribution is -0.122. The number of aromatic hydroxyl groups is 1. The molecule has 7 nitrogen and oxygen atoms in total. The molecule has 0 aromatic heterocycles. The Morgan fingerprint density at radius 2 is 2.06 bits per heavy atom. The molecule has 2 aromatic rings. The molecule has 0 bridgehead atoms. The smallest absolute Gasteiger partial charge is 0.337 e. The van der Waals surface area contributed by atoms with E-state index in [1.165, 1.54) is 18.9 Å². The molecular weight excluding hydrogens is 484 g/mol. The summed E-state index contributed by atoms with van der Waals surface area (Å²) in [5, 5.41) is 10.6. The monoisotopic (exact) mass is 504 g/mol. The van der Waals surface area contributed by atoms with Crippen LogP contribution in [0, 0.1) is 0 Å². The van der Waals surface area contributed by atoms with E-state index in [4.69, 9.17) is 9.47 Å². The summed E-state index contributed by atoms with van der Waals surface area (Å²) in [6.45, 7) is 4.54. The number of amidine groups is 1. The van der Waals surface area contributed by atoms with E-state index in [1.807, 2.05) is 13.8 Å². The number of nitrogens with zero attached hydrogens (tertiary/aromatic N) is 2. The molecule has 0 radical (unpaired) electrons. The van der Waals surface area contributed by atoms with Gasteiger partial charge in [0, 0.05) is 6.54 Å². The van der Waals surface area contributed by atoms with Crippen LogP contribution in [0.15, 0.2) is 50.8 Å². The first-order valence-electron chi connectivity index (χ1n) is 9.51. The number of likely N-dealkylation sites (N-methyl/N-ethyl adjacent to an activating group) is 1. The highest BCUT2D eigenvalue weighted by Crippen LogP contribution is 2.38. The van der Waals surface area contributed by atoms with Crippen LogP contribution in [0.5, 0.6) is 11.5 Å². The molecule has 0 atom stereocenters. The Morgan fingerprint density at radius 3 is 2.74 bits per heavy atom. The summed E-state index contributed by atoms with van der Waals surface area (Å²) >= 11 is 4.56. The lowest BCUT2D eigenvalue weighted by Gasteiger charge is -2.12. The van der Waals surface area contributed by atoms with Crippen LogP contribution in [-0.4, -0.2) is 47.3 Å². The van der Waals surface area contributed by atoms with Crippen LogP contribution in [-0.2, 0) is 9.53 Å². The Morgan fingerprint density at radius 1 is 1.29 bits per heavy atom. The van der Waals surface area contributed by atoms with Gasteiger partial charge in [0.25, 0.3) is 5.91 Å². The number of thioether (sulfide) groups is 1. The molecule has 1 amide bonds. The number of rotatable bonds is 6. The van der Waals surface area contributed by atoms with Crippen molar-refractivity contribution in [2.45, 2.75) is 13.8 Å². The van der Waals surface area contributed by atoms with Gasteiger partial charge < -0.3 is 14.6 Å². The van der Waals surface area contributed by atoms with Crippen molar-refractivity contribution in [3.05, 3.63) is 56.9 Å². The molecule has 31 heavy (non-hydrogen) atoms. The molecule has 0 aliphatic carbocycles. The second-order valence-electron chi connectivity index (χ2n) is 6.38. The van der Waals surface area contributed by atoms with E-state index < -0.39 is 5.97 Å². The number of aliphatic imine (C=N–C) groups is 1. The maximum atomic E-state index is 12.9. The highest BCUT2D eigenvalue weighted by molar-refractivity contribution is 9.10. The number of phenolic OH excluding ortho intramolecular Hbond substituents is 1. The molecule has 162 valence electrons. The van der Waals surface area contributed by atoms with Crippen LogP contribution in [0.2, 0.25) is 0 Å². The topological polar surface area (TPSA) is 88.4 Å². The summed E-state index contributed by atoms with van der Waals surface area (Å²) in [4.78, 5) is 31.3. The third-order valence-corrected chi connectivity index (χ3v) is 5.96. The normalized spacial score (nSPS) is 16.3. The van der Waals surface area contributed by atoms with Gasteiger partial charge in [-0.05, 0) is 83.5 Å². The van der Waals surface area contributed by atoms with Gasteiger partial charge >= 0.3 is 5.97 Å². The maximum Gasteiger partial charge on any atom is 0.337 e. The van der Waals surface area contributed by atoms with Gasteiger partial charge in [-0.25, -0.2) is 9.79 Å². The van der Waals surface area contributed by atoms with Gasteiger partial charge in [0.1, 0.15) is 0 Å². The lowest BCUT2D eigenvalue weighted by Crippen LogP contribution is -2.28. The van der Waals surface area contributed by atoms with Gasteiger partial charge in [0.2, 0.25) is 0 Å². The third kappa shape index (κ3) is 5.11. The number of phenols is 1. The minimum Gasteiger partial charge on any atom is -0.503 e. The third-order valence-electron chi connectivity index (χ3n) is 4.34. The molecule has 1 fully saturated rings. The first-order valence-corrected chi connectivity index (χ1v) is 11.1. The van der Waals surface area contributed by atoms with Crippen LogP contribution in [0.1, 0.15) is 29.8 Å². The highest BCUT2D eigenvalue weighted by Gasteiger charge is 2.32. The van der Waals surface area contributed by atoms with Crippen LogP contribution < -0.4 is 4.74 Å². The second kappa shape index (κ2) is 10.0. The Kier molecular flexibility index (Phi) is 7.40. The zero-order valence-corrected chi connectivity index (χ0v) is 19.6. The van der Waals surface area contributed by atoms with Gasteiger partial charge in [-0.3, -0.25) is 9.69 Å². The summed E-state index contributed by atoms with van der Waals surface area (Å²) in [6, 6.07) is 10.1. The number of hydrogen-bond donors (Lipinski definition) is 1. The van der Waals surface area contributed by atoms with E-state index in [9.17, 15) is 14.7 Å². The quantitative estimate of drug-likeness (QED) is 0.441. The molecule has 1 N–H and O–H groups in total. The summed E-state index contributed by atoms with van der Waals surface area (Å²) < 4.78 is 10.7. The Bertz CT molecular complexity index is 1080. The molecule has 1 aliphatic heterocycles. The van der Waals surface area contributed by atoms with Crippen molar-refractivity contribution in [1.82, 2.24) is 4.90 Å². The number of halogens is 1. The molecular formula is C22H21BrN2O5S. The summed E-state index contributed by atoms with van der Waals surface area (Å²) in [5.41, 5.74) is 1.63. The van der Waals surface area contributed by atoms with Gasteiger partial charge in [0.05, 0.1) is 34.3 Å². The number of esters is 1. The Labute approximate surface area is 192 Å². The number of hydrogen-bond acceptors (Lipinski definition) is 7. The van der Waals surface area contributed by atoms with E-state index in [0.717, 1.165) is 0 Å². The molecule has 3 rings (SSSR count). The summed E-state index contributed by atoms with van der Waals surface area (Å²) in [7, 11) is 1.32. The number of methoxy groups -OCH3 is 1. The van der Waals surface area contributed by atoms with E-state index in [1.54, 1.807) is 47.4 Å². The van der Waals surface area contributed by atoms with Gasteiger partial charge in [-0.2, -0.15) is 0 Å². The maximum absolute atomic E-state index is 12.9. The van der Waals surface area contributed by atoms with Crippen LogP contribution >= 0.6 is 27.7 Å². The zero-order chi connectivity index (χ0) is 22.5. The van der Waals surface area contributed by atoms with Crippen molar-refractivity contribution < 1.29 is 24.2 Å². The molecule has 1 heterocycles. The van der Waals surface area contributed by atoms with Crippen molar-refractivity contribution in [3.8, 4) is 11.5 Å². The highest BCUT2D eigenvalue weighted by atomic mass is 79.9.